The first-order valence-electron chi connectivity index (χ1n) is 5.28. The second-order valence-electron chi connectivity index (χ2n) is 3.66. The number of carbonyl (C=O) groups excluding carboxylic acids is 1. The van der Waals surface area contributed by atoms with Crippen LogP contribution in [0.25, 0.3) is 11.3 Å². The van der Waals surface area contributed by atoms with E-state index < -0.39 is 11.7 Å². The van der Waals surface area contributed by atoms with Gasteiger partial charge >= 0.3 is 0 Å². The zero-order chi connectivity index (χ0) is 13.1. The van der Waals surface area contributed by atoms with E-state index in [0.29, 0.717) is 16.9 Å². The van der Waals surface area contributed by atoms with Crippen LogP contribution in [0.1, 0.15) is 5.56 Å². The van der Waals surface area contributed by atoms with E-state index in [4.69, 9.17) is 4.52 Å². The molecule has 0 saturated heterocycles. The quantitative estimate of drug-likeness (QED) is 0.847. The minimum absolute atomic E-state index is 0.262. The van der Waals surface area contributed by atoms with Gasteiger partial charge in [-0.15, -0.1) is 0 Å². The number of nitrogens with one attached hydrogen (secondary N) is 1. The molecule has 2 rings (SSSR count). The van der Waals surface area contributed by atoms with Crippen molar-refractivity contribution in [2.24, 2.45) is 0 Å². The topological polar surface area (TPSA) is 55.1 Å². The molecule has 2 aromatic rings. The molecule has 0 aliphatic heterocycles. The van der Waals surface area contributed by atoms with Crippen LogP contribution in [0.5, 0.6) is 0 Å². The van der Waals surface area contributed by atoms with Gasteiger partial charge in [0.05, 0.1) is 5.56 Å². The molecule has 18 heavy (non-hydrogen) atoms. The zero-order valence-electron chi connectivity index (χ0n) is 9.74. The number of carbonyl (C=O) groups is 1. The van der Waals surface area contributed by atoms with E-state index in [1.54, 1.807) is 25.1 Å². The summed E-state index contributed by atoms with van der Waals surface area (Å²) in [6.45, 7) is 5.03. The first-order valence-corrected chi connectivity index (χ1v) is 5.28. The van der Waals surface area contributed by atoms with Gasteiger partial charge in [0.25, 0.3) is 0 Å². The van der Waals surface area contributed by atoms with Gasteiger partial charge in [-0.1, -0.05) is 23.9 Å². The lowest BCUT2D eigenvalue weighted by molar-refractivity contribution is -0.111. The molecule has 0 unspecified atom stereocenters. The Hall–Kier alpha value is -2.43. The predicted octanol–water partition coefficient (Wildman–Crippen LogP) is 2.91. The van der Waals surface area contributed by atoms with E-state index in [1.807, 2.05) is 0 Å². The molecule has 0 spiro atoms. The number of amides is 1. The van der Waals surface area contributed by atoms with Gasteiger partial charge in [-0.25, -0.2) is 4.39 Å². The van der Waals surface area contributed by atoms with Gasteiger partial charge in [0.15, 0.2) is 11.6 Å². The van der Waals surface area contributed by atoms with Crippen molar-refractivity contribution >= 4 is 11.7 Å². The van der Waals surface area contributed by atoms with Crippen molar-refractivity contribution in [3.63, 3.8) is 0 Å². The number of halogens is 1. The van der Waals surface area contributed by atoms with Crippen LogP contribution in [0, 0.1) is 12.7 Å². The van der Waals surface area contributed by atoms with Crippen molar-refractivity contribution in [1.82, 2.24) is 5.16 Å². The van der Waals surface area contributed by atoms with Gasteiger partial charge in [0.2, 0.25) is 5.91 Å². The van der Waals surface area contributed by atoms with E-state index in [9.17, 15) is 9.18 Å². The van der Waals surface area contributed by atoms with E-state index in [2.05, 4.69) is 17.1 Å². The Kier molecular flexibility index (Phi) is 3.23. The first-order chi connectivity index (χ1) is 8.63. The van der Waals surface area contributed by atoms with Crippen LogP contribution >= 0.6 is 0 Å². The third-order valence-corrected chi connectivity index (χ3v) is 2.47. The number of hydrogen-bond donors (Lipinski definition) is 1. The number of benzene rings is 1. The first kappa shape index (κ1) is 12.0. The fraction of sp³-hybridized carbons (Fsp3) is 0.0769. The lowest BCUT2D eigenvalue weighted by Crippen LogP contribution is -2.08. The Morgan fingerprint density at radius 1 is 1.50 bits per heavy atom. The largest absolute Gasteiger partial charge is 0.354 e. The number of hydrogen-bond acceptors (Lipinski definition) is 3. The molecule has 4 nitrogen and oxygen atoms in total. The molecule has 0 radical (unpaired) electrons. The van der Waals surface area contributed by atoms with Crippen LogP contribution in [0.2, 0.25) is 0 Å². The predicted molar refractivity (Wildman–Crippen MR) is 65.5 cm³/mol. The Bertz CT molecular complexity index is 605. The van der Waals surface area contributed by atoms with E-state index in [1.165, 1.54) is 6.07 Å². The number of rotatable bonds is 3. The molecule has 5 heteroatoms. The van der Waals surface area contributed by atoms with Crippen molar-refractivity contribution in [3.8, 4) is 11.3 Å². The summed E-state index contributed by atoms with van der Waals surface area (Å²) < 4.78 is 18.7. The van der Waals surface area contributed by atoms with E-state index >= 15 is 0 Å². The number of anilines is 1. The van der Waals surface area contributed by atoms with Gasteiger partial charge in [-0.2, -0.15) is 0 Å². The fourth-order valence-corrected chi connectivity index (χ4v) is 1.52. The highest BCUT2D eigenvalue weighted by atomic mass is 19.1. The molecule has 0 atom stereocenters. The average Bonchev–Trinajstić information content (AvgIpc) is 2.72. The Balaban J connectivity index is 2.40. The van der Waals surface area contributed by atoms with E-state index in [0.717, 1.165) is 6.08 Å². The maximum Gasteiger partial charge on any atom is 0.249 e. The van der Waals surface area contributed by atoms with Crippen molar-refractivity contribution < 1.29 is 13.7 Å². The summed E-state index contributed by atoms with van der Waals surface area (Å²) in [5, 5.41) is 6.18. The summed E-state index contributed by atoms with van der Waals surface area (Å²) in [7, 11) is 0. The lowest BCUT2D eigenvalue weighted by atomic mass is 10.1. The summed E-state index contributed by atoms with van der Waals surface area (Å²) in [5.74, 6) is -0.240. The van der Waals surface area contributed by atoms with Crippen LogP contribution in [-0.4, -0.2) is 11.1 Å². The summed E-state index contributed by atoms with van der Waals surface area (Å²) in [6.07, 6.45) is 1.12. The standard InChI is InChI=1S/C13H11FN2O2/c1-3-11(17)15-13-8(2)12(18-16-13)9-6-4-5-7-10(9)14/h3-7H,1H2,2H3,(H,15,16,17). The van der Waals surface area contributed by atoms with Gasteiger partial charge in [-0.3, -0.25) is 4.79 Å². The molecule has 0 aliphatic carbocycles. The maximum atomic E-state index is 13.6. The van der Waals surface area contributed by atoms with Crippen molar-refractivity contribution in [3.05, 3.63) is 48.3 Å². The second-order valence-corrected chi connectivity index (χ2v) is 3.66. The molecule has 1 aromatic heterocycles. The minimum atomic E-state index is -0.404. The van der Waals surface area contributed by atoms with Crippen LogP contribution in [0.15, 0.2) is 41.4 Å². The monoisotopic (exact) mass is 246 g/mol. The zero-order valence-corrected chi connectivity index (χ0v) is 9.74. The summed E-state index contributed by atoms with van der Waals surface area (Å²) in [5.41, 5.74) is 0.872. The number of aromatic nitrogens is 1. The molecular formula is C13H11FN2O2. The third kappa shape index (κ3) is 2.15. The molecule has 0 fully saturated rings. The molecule has 0 saturated carbocycles. The molecule has 92 valence electrons. The molecule has 1 aromatic carbocycles. The SMILES string of the molecule is C=CC(=O)Nc1noc(-c2ccccc2F)c1C. The van der Waals surface area contributed by atoms with Gasteiger partial charge in [0, 0.05) is 5.56 Å². The van der Waals surface area contributed by atoms with Gasteiger partial charge in [0.1, 0.15) is 5.82 Å². The van der Waals surface area contributed by atoms with E-state index in [-0.39, 0.29) is 5.82 Å². The van der Waals surface area contributed by atoms with Gasteiger partial charge < -0.3 is 9.84 Å². The lowest BCUT2D eigenvalue weighted by Gasteiger charge is -2.00. The minimum Gasteiger partial charge on any atom is -0.354 e. The molecule has 0 aliphatic rings. The highest BCUT2D eigenvalue weighted by Crippen LogP contribution is 2.29. The Morgan fingerprint density at radius 3 is 2.89 bits per heavy atom. The van der Waals surface area contributed by atoms with Crippen molar-refractivity contribution in [1.29, 1.82) is 0 Å². The summed E-state index contributed by atoms with van der Waals surface area (Å²) in [6, 6.07) is 6.20. The van der Waals surface area contributed by atoms with Crippen molar-refractivity contribution in [2.45, 2.75) is 6.92 Å². The Morgan fingerprint density at radius 2 is 2.22 bits per heavy atom. The average molecular weight is 246 g/mol. The van der Waals surface area contributed by atoms with Crippen LogP contribution in [-0.2, 0) is 4.79 Å². The number of nitrogens with zero attached hydrogens (tertiary/aromatic N) is 1. The summed E-state index contributed by atoms with van der Waals surface area (Å²) >= 11 is 0. The van der Waals surface area contributed by atoms with Crippen molar-refractivity contribution in [2.75, 3.05) is 5.32 Å². The third-order valence-electron chi connectivity index (χ3n) is 2.47. The molecule has 1 amide bonds. The smallest absolute Gasteiger partial charge is 0.249 e. The molecule has 1 N–H and O–H groups in total. The second kappa shape index (κ2) is 4.83. The highest BCUT2D eigenvalue weighted by molar-refractivity contribution is 5.99. The molecule has 0 bridgehead atoms. The van der Waals surface area contributed by atoms with Gasteiger partial charge in [-0.05, 0) is 25.1 Å². The maximum absolute atomic E-state index is 13.6. The summed E-state index contributed by atoms with van der Waals surface area (Å²) in [4.78, 5) is 11.2. The van der Waals surface area contributed by atoms with Crippen LogP contribution in [0.3, 0.4) is 0 Å². The Labute approximate surface area is 103 Å². The highest BCUT2D eigenvalue weighted by Gasteiger charge is 2.17. The molecular weight excluding hydrogens is 235 g/mol. The van der Waals surface area contributed by atoms with Crippen LogP contribution < -0.4 is 5.32 Å². The van der Waals surface area contributed by atoms with Crippen LogP contribution in [0.4, 0.5) is 10.2 Å². The normalized spacial score (nSPS) is 10.1. The fourth-order valence-electron chi connectivity index (χ4n) is 1.52. The molecule has 1 heterocycles.